The minimum atomic E-state index is -0.242. The summed E-state index contributed by atoms with van der Waals surface area (Å²) in [4.78, 5) is 0. The first kappa shape index (κ1) is 17.0. The predicted octanol–water partition coefficient (Wildman–Crippen LogP) is 3.33. The van der Waals surface area contributed by atoms with E-state index in [0.29, 0.717) is 0 Å². The van der Waals surface area contributed by atoms with Crippen molar-refractivity contribution >= 4 is 23.3 Å². The van der Waals surface area contributed by atoms with Gasteiger partial charge in [0, 0.05) is 35.7 Å². The van der Waals surface area contributed by atoms with Crippen molar-refractivity contribution < 1.29 is 5.11 Å². The Balaban J connectivity index is 0.00000200. The van der Waals surface area contributed by atoms with Gasteiger partial charge in [-0.15, -0.1) is 12.4 Å². The summed E-state index contributed by atoms with van der Waals surface area (Å²) < 4.78 is 2.32. The van der Waals surface area contributed by atoms with Gasteiger partial charge in [0.25, 0.3) is 0 Å². The molecule has 0 radical (unpaired) electrons. The molecule has 2 N–H and O–H groups in total. The van der Waals surface area contributed by atoms with Crippen molar-refractivity contribution in [2.75, 3.05) is 6.61 Å². The molecule has 3 nitrogen and oxygen atoms in total. The van der Waals surface area contributed by atoms with Crippen LogP contribution in [0.5, 0.6) is 0 Å². The summed E-state index contributed by atoms with van der Waals surface area (Å²) in [5, 5.41) is 14.0. The second-order valence-corrected chi connectivity index (χ2v) is 5.76. The van der Waals surface area contributed by atoms with Gasteiger partial charge >= 0.3 is 0 Å². The number of aliphatic hydroxyl groups is 1. The van der Waals surface area contributed by atoms with Gasteiger partial charge in [0.2, 0.25) is 0 Å². The van der Waals surface area contributed by atoms with Crippen molar-refractivity contribution in [3.63, 3.8) is 0 Å². The largest absolute Gasteiger partial charge is 0.394 e. The first-order valence-corrected chi connectivity index (χ1v) is 7.00. The average Bonchev–Trinajstić information content (AvgIpc) is 2.76. The van der Waals surface area contributed by atoms with Crippen LogP contribution in [0.25, 0.3) is 10.9 Å². The fourth-order valence-corrected chi connectivity index (χ4v) is 2.28. The second-order valence-electron chi connectivity index (χ2n) is 5.76. The van der Waals surface area contributed by atoms with Gasteiger partial charge in [-0.1, -0.05) is 25.1 Å². The number of rotatable bonds is 6. The van der Waals surface area contributed by atoms with Gasteiger partial charge in [0.05, 0.1) is 6.61 Å². The lowest BCUT2D eigenvalue weighted by atomic mass is 10.1. The molecule has 1 aromatic carbocycles. The van der Waals surface area contributed by atoms with Gasteiger partial charge in [-0.3, -0.25) is 0 Å². The van der Waals surface area contributed by atoms with Crippen molar-refractivity contribution in [3.05, 3.63) is 36.0 Å². The van der Waals surface area contributed by atoms with E-state index in [0.717, 1.165) is 19.5 Å². The minimum Gasteiger partial charge on any atom is -0.394 e. The highest BCUT2D eigenvalue weighted by Gasteiger charge is 2.16. The van der Waals surface area contributed by atoms with Crippen molar-refractivity contribution in [2.24, 2.45) is 0 Å². The number of fused-ring (bicyclic) bond motifs is 1. The summed E-state index contributed by atoms with van der Waals surface area (Å²) in [6.07, 6.45) is 3.36. The van der Waals surface area contributed by atoms with Crippen LogP contribution in [0.4, 0.5) is 0 Å². The van der Waals surface area contributed by atoms with Gasteiger partial charge < -0.3 is 15.0 Å². The lowest BCUT2D eigenvalue weighted by Crippen LogP contribution is -2.42. The number of hydrogen-bond acceptors (Lipinski definition) is 2. The predicted molar refractivity (Wildman–Crippen MR) is 87.5 cm³/mol. The van der Waals surface area contributed by atoms with Crippen molar-refractivity contribution in [1.82, 2.24) is 9.88 Å². The molecule has 2 rings (SSSR count). The molecule has 0 aliphatic carbocycles. The van der Waals surface area contributed by atoms with Crippen LogP contribution in [0.1, 0.15) is 32.8 Å². The Morgan fingerprint density at radius 3 is 2.60 bits per heavy atom. The normalized spacial score (nSPS) is 11.6. The Kier molecular flexibility index (Phi) is 6.06. The molecule has 0 bridgehead atoms. The zero-order chi connectivity index (χ0) is 13.9. The van der Waals surface area contributed by atoms with Crippen LogP contribution in [0.3, 0.4) is 0 Å². The number of aliphatic hydroxyl groups excluding tert-OH is 1. The minimum absolute atomic E-state index is 0. The van der Waals surface area contributed by atoms with Crippen LogP contribution in [0.15, 0.2) is 30.5 Å². The maximum absolute atomic E-state index is 9.31. The summed E-state index contributed by atoms with van der Waals surface area (Å²) >= 11 is 0. The van der Waals surface area contributed by atoms with E-state index in [1.54, 1.807) is 0 Å². The molecule has 0 aliphatic heterocycles. The average molecular weight is 297 g/mol. The van der Waals surface area contributed by atoms with E-state index >= 15 is 0 Å². The molecule has 0 saturated heterocycles. The third-order valence-corrected chi connectivity index (χ3v) is 3.49. The second kappa shape index (κ2) is 7.11. The van der Waals surface area contributed by atoms with Gasteiger partial charge in [-0.2, -0.15) is 0 Å². The third kappa shape index (κ3) is 3.75. The number of nitrogens with zero attached hydrogens (tertiary/aromatic N) is 1. The van der Waals surface area contributed by atoms with Crippen LogP contribution < -0.4 is 5.32 Å². The van der Waals surface area contributed by atoms with E-state index < -0.39 is 0 Å². The van der Waals surface area contributed by atoms with E-state index in [9.17, 15) is 5.11 Å². The van der Waals surface area contributed by atoms with Gasteiger partial charge in [-0.25, -0.2) is 0 Å². The van der Waals surface area contributed by atoms with Gasteiger partial charge in [0.15, 0.2) is 0 Å². The Morgan fingerprint density at radius 2 is 1.95 bits per heavy atom. The standard InChI is InChI=1S/C16H24N2O.ClH/c1-4-9-18-11-13(10-17-16(2,3)12-19)14-7-5-6-8-15(14)18;/h5-8,11,17,19H,4,9-10,12H2,1-3H3;1H. The van der Waals surface area contributed by atoms with E-state index in [-0.39, 0.29) is 24.6 Å². The summed E-state index contributed by atoms with van der Waals surface area (Å²) in [6, 6.07) is 8.51. The first-order valence-electron chi connectivity index (χ1n) is 7.00. The van der Waals surface area contributed by atoms with Gasteiger partial charge in [-0.05, 0) is 31.9 Å². The van der Waals surface area contributed by atoms with Crippen LogP contribution in [-0.2, 0) is 13.1 Å². The van der Waals surface area contributed by atoms with Crippen LogP contribution in [0, 0.1) is 0 Å². The quantitative estimate of drug-likeness (QED) is 0.858. The highest BCUT2D eigenvalue weighted by molar-refractivity contribution is 5.85. The molecule has 1 heterocycles. The Morgan fingerprint density at radius 1 is 1.25 bits per heavy atom. The number of benzene rings is 1. The first-order chi connectivity index (χ1) is 9.07. The molecule has 0 aliphatic rings. The van der Waals surface area contributed by atoms with Gasteiger partial charge in [0.1, 0.15) is 0 Å². The number of para-hydroxylation sites is 1. The van der Waals surface area contributed by atoms with Crippen molar-refractivity contribution in [3.8, 4) is 0 Å². The molecular weight excluding hydrogens is 272 g/mol. The molecule has 0 fully saturated rings. The zero-order valence-corrected chi connectivity index (χ0v) is 13.3. The maximum Gasteiger partial charge on any atom is 0.0607 e. The Labute approximate surface area is 127 Å². The third-order valence-electron chi connectivity index (χ3n) is 3.49. The van der Waals surface area contributed by atoms with E-state index in [1.807, 2.05) is 13.8 Å². The van der Waals surface area contributed by atoms with E-state index in [2.05, 4.69) is 47.3 Å². The summed E-state index contributed by atoms with van der Waals surface area (Å²) in [6.45, 7) is 8.19. The molecule has 0 amide bonds. The lowest BCUT2D eigenvalue weighted by Gasteiger charge is -2.23. The number of halogens is 1. The summed E-state index contributed by atoms with van der Waals surface area (Å²) in [5.74, 6) is 0. The van der Waals surface area contributed by atoms with Crippen LogP contribution in [0.2, 0.25) is 0 Å². The van der Waals surface area contributed by atoms with E-state index in [1.165, 1.54) is 16.5 Å². The molecule has 0 atom stereocenters. The Bertz CT molecular complexity index is 548. The number of aromatic nitrogens is 1. The highest BCUT2D eigenvalue weighted by atomic mass is 35.5. The molecule has 0 unspecified atom stereocenters. The zero-order valence-electron chi connectivity index (χ0n) is 12.5. The molecular formula is C16H25ClN2O. The van der Waals surface area contributed by atoms with Crippen LogP contribution in [-0.4, -0.2) is 21.8 Å². The fraction of sp³-hybridized carbons (Fsp3) is 0.500. The smallest absolute Gasteiger partial charge is 0.0607 e. The molecule has 112 valence electrons. The highest BCUT2D eigenvalue weighted by Crippen LogP contribution is 2.22. The summed E-state index contributed by atoms with van der Waals surface area (Å²) in [5.41, 5.74) is 2.35. The maximum atomic E-state index is 9.31. The monoisotopic (exact) mass is 296 g/mol. The van der Waals surface area contributed by atoms with Crippen molar-refractivity contribution in [1.29, 1.82) is 0 Å². The molecule has 4 heteroatoms. The van der Waals surface area contributed by atoms with Crippen LogP contribution >= 0.6 is 12.4 Å². The number of hydrogen-bond donors (Lipinski definition) is 2. The SMILES string of the molecule is CCCn1cc(CNC(C)(C)CO)c2ccccc21.Cl. The van der Waals surface area contributed by atoms with Crippen molar-refractivity contribution in [2.45, 2.75) is 45.8 Å². The molecule has 0 spiro atoms. The molecule has 1 aromatic heterocycles. The topological polar surface area (TPSA) is 37.2 Å². The Hall–Kier alpha value is -1.03. The number of aryl methyl sites for hydroxylation is 1. The molecule has 20 heavy (non-hydrogen) atoms. The molecule has 2 aromatic rings. The van der Waals surface area contributed by atoms with E-state index in [4.69, 9.17) is 0 Å². The summed E-state index contributed by atoms with van der Waals surface area (Å²) in [7, 11) is 0. The lowest BCUT2D eigenvalue weighted by molar-refractivity contribution is 0.187. The fourth-order valence-electron chi connectivity index (χ4n) is 2.28. The number of nitrogens with one attached hydrogen (secondary N) is 1. The molecule has 0 saturated carbocycles.